The highest BCUT2D eigenvalue weighted by Gasteiger charge is 2.14. The van der Waals surface area contributed by atoms with Crippen LogP contribution in [0, 0.1) is 0 Å². The Labute approximate surface area is 104 Å². The summed E-state index contributed by atoms with van der Waals surface area (Å²) in [6.07, 6.45) is 4.86. The zero-order valence-electron chi connectivity index (χ0n) is 9.72. The number of carbonyl (C=O) groups excluding carboxylic acids is 1. The van der Waals surface area contributed by atoms with Gasteiger partial charge in [0.05, 0.1) is 23.0 Å². The summed E-state index contributed by atoms with van der Waals surface area (Å²) in [5.41, 5.74) is 1.75. The molecule has 0 aromatic carbocycles. The minimum absolute atomic E-state index is 0.389. The van der Waals surface area contributed by atoms with Crippen LogP contribution >= 0.6 is 11.6 Å². The summed E-state index contributed by atoms with van der Waals surface area (Å²) in [4.78, 5) is 14.7. The van der Waals surface area contributed by atoms with E-state index in [-0.39, 0.29) is 0 Å². The molecule has 0 bridgehead atoms. The first kappa shape index (κ1) is 11.9. The van der Waals surface area contributed by atoms with E-state index in [1.807, 2.05) is 14.0 Å². The van der Waals surface area contributed by atoms with Crippen LogP contribution < -0.4 is 0 Å². The molecule has 0 radical (unpaired) electrons. The number of aryl methyl sites for hydroxylation is 2. The lowest BCUT2D eigenvalue weighted by atomic mass is 10.3. The maximum atomic E-state index is 10.8. The summed E-state index contributed by atoms with van der Waals surface area (Å²) in [6, 6.07) is 0. The SMILES string of the molecule is CCc1nn(C)c(Cn2ccnc2C=O)c1Cl. The van der Waals surface area contributed by atoms with Gasteiger partial charge in [-0.1, -0.05) is 18.5 Å². The molecule has 6 heteroatoms. The maximum absolute atomic E-state index is 10.8. The van der Waals surface area contributed by atoms with Gasteiger partial charge >= 0.3 is 0 Å². The lowest BCUT2D eigenvalue weighted by molar-refractivity contribution is 0.111. The summed E-state index contributed by atoms with van der Waals surface area (Å²) < 4.78 is 3.49. The third-order valence-corrected chi connectivity index (χ3v) is 3.11. The van der Waals surface area contributed by atoms with Crippen LogP contribution in [-0.2, 0) is 20.0 Å². The van der Waals surface area contributed by atoms with Crippen LogP contribution in [0.2, 0.25) is 5.02 Å². The summed E-state index contributed by atoms with van der Waals surface area (Å²) in [5, 5.41) is 4.99. The molecule has 5 nitrogen and oxygen atoms in total. The Kier molecular flexibility index (Phi) is 3.28. The van der Waals surface area contributed by atoms with Gasteiger partial charge in [-0.15, -0.1) is 0 Å². The fourth-order valence-electron chi connectivity index (χ4n) is 1.73. The molecule has 0 aliphatic carbocycles. The van der Waals surface area contributed by atoms with Crippen molar-refractivity contribution in [2.24, 2.45) is 7.05 Å². The molecular weight excluding hydrogens is 240 g/mol. The average molecular weight is 253 g/mol. The number of hydrogen-bond donors (Lipinski definition) is 0. The van der Waals surface area contributed by atoms with Crippen molar-refractivity contribution in [3.8, 4) is 0 Å². The highest BCUT2D eigenvalue weighted by atomic mass is 35.5. The monoisotopic (exact) mass is 252 g/mol. The van der Waals surface area contributed by atoms with Gasteiger partial charge in [0.2, 0.25) is 0 Å². The Morgan fingerprint density at radius 3 is 2.88 bits per heavy atom. The van der Waals surface area contributed by atoms with E-state index in [0.717, 1.165) is 24.1 Å². The van der Waals surface area contributed by atoms with Crippen molar-refractivity contribution in [3.05, 3.63) is 34.6 Å². The first-order valence-electron chi connectivity index (χ1n) is 5.34. The van der Waals surface area contributed by atoms with Crippen LogP contribution in [0.3, 0.4) is 0 Å². The molecule has 90 valence electrons. The molecule has 0 saturated heterocycles. The van der Waals surface area contributed by atoms with E-state index in [4.69, 9.17) is 11.6 Å². The second kappa shape index (κ2) is 4.71. The molecule has 0 spiro atoms. The van der Waals surface area contributed by atoms with Gasteiger partial charge in [-0.25, -0.2) is 4.98 Å². The number of aromatic nitrogens is 4. The Bertz CT molecular complexity index is 544. The second-order valence-corrected chi connectivity index (χ2v) is 4.09. The van der Waals surface area contributed by atoms with Gasteiger partial charge in [-0.3, -0.25) is 9.48 Å². The highest BCUT2D eigenvalue weighted by molar-refractivity contribution is 6.31. The van der Waals surface area contributed by atoms with Crippen LogP contribution in [0.1, 0.15) is 28.9 Å². The van der Waals surface area contributed by atoms with Gasteiger partial charge in [0, 0.05) is 19.4 Å². The normalized spacial score (nSPS) is 10.8. The van der Waals surface area contributed by atoms with Gasteiger partial charge in [0.1, 0.15) is 0 Å². The van der Waals surface area contributed by atoms with Crippen molar-refractivity contribution in [1.29, 1.82) is 0 Å². The van der Waals surface area contributed by atoms with E-state index in [1.54, 1.807) is 21.6 Å². The smallest absolute Gasteiger partial charge is 0.185 e. The lowest BCUT2D eigenvalue weighted by Gasteiger charge is -2.05. The Balaban J connectivity index is 2.36. The molecule has 2 aromatic rings. The summed E-state index contributed by atoms with van der Waals surface area (Å²) in [7, 11) is 1.85. The Morgan fingerprint density at radius 2 is 2.29 bits per heavy atom. The molecule has 0 N–H and O–H groups in total. The van der Waals surface area contributed by atoms with Gasteiger partial charge in [-0.2, -0.15) is 5.10 Å². The number of carbonyl (C=O) groups is 1. The van der Waals surface area contributed by atoms with Crippen LogP contribution in [-0.4, -0.2) is 25.6 Å². The first-order chi connectivity index (χ1) is 8.17. The number of imidazole rings is 1. The number of hydrogen-bond acceptors (Lipinski definition) is 3. The van der Waals surface area contributed by atoms with E-state index < -0.39 is 0 Å². The topological polar surface area (TPSA) is 52.7 Å². The van der Waals surface area contributed by atoms with Crippen molar-refractivity contribution < 1.29 is 4.79 Å². The third-order valence-electron chi connectivity index (χ3n) is 2.68. The number of rotatable bonds is 4. The minimum atomic E-state index is 0.389. The number of aldehydes is 1. The minimum Gasteiger partial charge on any atom is -0.323 e. The van der Waals surface area contributed by atoms with Crippen LogP contribution in [0.15, 0.2) is 12.4 Å². The lowest BCUT2D eigenvalue weighted by Crippen LogP contribution is -2.08. The van der Waals surface area contributed by atoms with Gasteiger partial charge in [0.25, 0.3) is 0 Å². The van der Waals surface area contributed by atoms with Crippen molar-refractivity contribution in [1.82, 2.24) is 19.3 Å². The summed E-state index contributed by atoms with van der Waals surface area (Å²) in [5.74, 6) is 0.389. The predicted molar refractivity (Wildman–Crippen MR) is 64.3 cm³/mol. The van der Waals surface area contributed by atoms with Crippen LogP contribution in [0.5, 0.6) is 0 Å². The summed E-state index contributed by atoms with van der Waals surface area (Å²) >= 11 is 6.24. The van der Waals surface area contributed by atoms with Crippen molar-refractivity contribution >= 4 is 17.9 Å². The van der Waals surface area contributed by atoms with E-state index in [1.165, 1.54) is 0 Å². The van der Waals surface area contributed by atoms with Crippen molar-refractivity contribution in [2.45, 2.75) is 19.9 Å². The maximum Gasteiger partial charge on any atom is 0.185 e. The predicted octanol–water partition coefficient (Wildman–Crippen LogP) is 1.69. The fourth-order valence-corrected chi connectivity index (χ4v) is 2.08. The quantitative estimate of drug-likeness (QED) is 0.778. The second-order valence-electron chi connectivity index (χ2n) is 3.72. The first-order valence-corrected chi connectivity index (χ1v) is 5.71. The zero-order valence-corrected chi connectivity index (χ0v) is 10.5. The molecule has 0 atom stereocenters. The molecular formula is C11H13ClN4O. The Morgan fingerprint density at radius 1 is 1.53 bits per heavy atom. The zero-order chi connectivity index (χ0) is 12.4. The van der Waals surface area contributed by atoms with E-state index in [9.17, 15) is 4.79 Å². The van der Waals surface area contributed by atoms with E-state index in [0.29, 0.717) is 17.4 Å². The molecule has 17 heavy (non-hydrogen) atoms. The molecule has 0 aliphatic heterocycles. The standard InChI is InChI=1S/C11H13ClN4O/c1-3-8-11(12)9(15(2)14-8)6-16-5-4-13-10(16)7-17/h4-5,7H,3,6H2,1-2H3. The molecule has 0 unspecified atom stereocenters. The van der Waals surface area contributed by atoms with Gasteiger partial charge < -0.3 is 4.57 Å². The summed E-state index contributed by atoms with van der Waals surface area (Å²) in [6.45, 7) is 2.50. The highest BCUT2D eigenvalue weighted by Crippen LogP contribution is 2.21. The molecule has 0 amide bonds. The molecule has 0 aliphatic rings. The van der Waals surface area contributed by atoms with Crippen LogP contribution in [0.25, 0.3) is 0 Å². The Hall–Kier alpha value is -1.62. The van der Waals surface area contributed by atoms with E-state index in [2.05, 4.69) is 10.1 Å². The fraction of sp³-hybridized carbons (Fsp3) is 0.364. The largest absolute Gasteiger partial charge is 0.323 e. The van der Waals surface area contributed by atoms with Crippen LogP contribution in [0.4, 0.5) is 0 Å². The van der Waals surface area contributed by atoms with Gasteiger partial charge in [0.15, 0.2) is 12.1 Å². The molecule has 2 aromatic heterocycles. The van der Waals surface area contributed by atoms with Gasteiger partial charge in [-0.05, 0) is 6.42 Å². The molecule has 2 heterocycles. The number of nitrogens with zero attached hydrogens (tertiary/aromatic N) is 4. The third kappa shape index (κ3) is 2.10. The average Bonchev–Trinajstić information content (AvgIpc) is 2.88. The van der Waals surface area contributed by atoms with Crippen molar-refractivity contribution in [2.75, 3.05) is 0 Å². The van der Waals surface area contributed by atoms with E-state index >= 15 is 0 Å². The number of halogens is 1. The van der Waals surface area contributed by atoms with Crippen molar-refractivity contribution in [3.63, 3.8) is 0 Å². The molecule has 2 rings (SSSR count). The molecule has 0 fully saturated rings. The molecule has 0 saturated carbocycles.